The number of rotatable bonds is 14. The highest BCUT2D eigenvalue weighted by Crippen LogP contribution is 2.28. The number of hydrogen-bond donors (Lipinski definition) is 2. The van der Waals surface area contributed by atoms with Crippen LogP contribution in [-0.2, 0) is 14.3 Å². The van der Waals surface area contributed by atoms with Gasteiger partial charge in [-0.15, -0.1) is 0 Å². The zero-order chi connectivity index (χ0) is 32.3. The van der Waals surface area contributed by atoms with Crippen molar-refractivity contribution < 1.29 is 19.1 Å². The molecular formula is C37H49N3O4. The quantitative estimate of drug-likeness (QED) is 0.182. The molecule has 2 atom stereocenters. The van der Waals surface area contributed by atoms with Gasteiger partial charge in [-0.25, -0.2) is 4.79 Å². The third-order valence-electron chi connectivity index (χ3n) is 7.27. The van der Waals surface area contributed by atoms with Crippen molar-refractivity contribution in [2.24, 2.45) is 5.92 Å². The van der Waals surface area contributed by atoms with E-state index in [0.29, 0.717) is 24.2 Å². The van der Waals surface area contributed by atoms with E-state index in [1.807, 2.05) is 80.6 Å². The number of benzene rings is 3. The van der Waals surface area contributed by atoms with Gasteiger partial charge < -0.3 is 20.3 Å². The Hall–Kier alpha value is -4.13. The molecule has 3 aromatic rings. The summed E-state index contributed by atoms with van der Waals surface area (Å²) in [6, 6.07) is 19.5. The van der Waals surface area contributed by atoms with Crippen LogP contribution < -0.4 is 10.6 Å². The van der Waals surface area contributed by atoms with Crippen molar-refractivity contribution in [3.63, 3.8) is 0 Å². The molecule has 0 aliphatic carbocycles. The molecule has 2 unspecified atom stereocenters. The Bertz CT molecular complexity index is 1430. The normalized spacial score (nSPS) is 12.8. The minimum atomic E-state index is -0.939. The van der Waals surface area contributed by atoms with Gasteiger partial charge in [0.2, 0.25) is 5.91 Å². The van der Waals surface area contributed by atoms with Crippen LogP contribution in [0.2, 0.25) is 0 Å². The predicted octanol–water partition coefficient (Wildman–Crippen LogP) is 8.51. The lowest BCUT2D eigenvalue weighted by Crippen LogP contribution is -2.53. The lowest BCUT2D eigenvalue weighted by molar-refractivity contribution is -0.141. The molecule has 7 heteroatoms. The minimum absolute atomic E-state index is 0.106. The van der Waals surface area contributed by atoms with Crippen LogP contribution in [0.25, 0.3) is 16.8 Å². The number of alkyl carbamates (subject to hydrolysis) is 1. The van der Waals surface area contributed by atoms with Crippen LogP contribution in [-0.4, -0.2) is 41.0 Å². The molecule has 0 aliphatic rings. The van der Waals surface area contributed by atoms with Crippen LogP contribution >= 0.6 is 0 Å². The monoisotopic (exact) mass is 599 g/mol. The molecule has 0 aliphatic heterocycles. The van der Waals surface area contributed by atoms with Crippen molar-refractivity contribution in [1.29, 1.82) is 0 Å². The summed E-state index contributed by atoms with van der Waals surface area (Å²) >= 11 is 0. The van der Waals surface area contributed by atoms with Crippen LogP contribution in [0.4, 0.5) is 10.5 Å². The van der Waals surface area contributed by atoms with E-state index >= 15 is 0 Å². The second-order valence-corrected chi connectivity index (χ2v) is 12.7. The third-order valence-corrected chi connectivity index (χ3v) is 7.27. The first-order valence-electron chi connectivity index (χ1n) is 15.7. The number of fused-ring (bicyclic) bond motifs is 1. The van der Waals surface area contributed by atoms with Gasteiger partial charge in [-0.3, -0.25) is 9.59 Å². The molecule has 0 heterocycles. The maximum atomic E-state index is 14.5. The van der Waals surface area contributed by atoms with Crippen LogP contribution in [0.15, 0.2) is 73.3 Å². The summed E-state index contributed by atoms with van der Waals surface area (Å²) in [4.78, 5) is 43.3. The number of amides is 3. The molecule has 0 saturated carbocycles. The lowest BCUT2D eigenvalue weighted by atomic mass is 9.97. The first kappa shape index (κ1) is 34.4. The van der Waals surface area contributed by atoms with Gasteiger partial charge in [-0.05, 0) is 79.6 Å². The van der Waals surface area contributed by atoms with Crippen molar-refractivity contribution in [1.82, 2.24) is 10.2 Å². The number of unbranched alkanes of at least 4 members (excludes halogenated alkanes) is 3. The Labute approximate surface area is 263 Å². The maximum absolute atomic E-state index is 14.5. The Kier molecular flexibility index (Phi) is 12.6. The van der Waals surface area contributed by atoms with E-state index in [1.165, 1.54) is 0 Å². The van der Waals surface area contributed by atoms with Gasteiger partial charge in [-0.2, -0.15) is 0 Å². The van der Waals surface area contributed by atoms with Crippen molar-refractivity contribution in [2.75, 3.05) is 11.9 Å². The highest BCUT2D eigenvalue weighted by atomic mass is 16.6. The van der Waals surface area contributed by atoms with E-state index < -0.39 is 23.8 Å². The summed E-state index contributed by atoms with van der Waals surface area (Å²) in [5.74, 6) is -0.538. The Morgan fingerprint density at radius 1 is 0.932 bits per heavy atom. The van der Waals surface area contributed by atoms with Crippen molar-refractivity contribution in [3.8, 4) is 0 Å². The maximum Gasteiger partial charge on any atom is 0.408 e. The highest BCUT2D eigenvalue weighted by Gasteiger charge is 2.36. The molecular weight excluding hydrogens is 550 g/mol. The molecule has 0 fully saturated rings. The highest BCUT2D eigenvalue weighted by molar-refractivity contribution is 6.00. The molecule has 0 aromatic heterocycles. The molecule has 0 saturated heterocycles. The molecule has 0 radical (unpaired) electrons. The zero-order valence-electron chi connectivity index (χ0n) is 27.2. The lowest BCUT2D eigenvalue weighted by Gasteiger charge is -2.35. The molecule has 3 amide bonds. The number of ether oxygens (including phenoxy) is 1. The van der Waals surface area contributed by atoms with Crippen molar-refractivity contribution >= 4 is 40.4 Å². The molecule has 3 rings (SSSR count). The molecule has 44 heavy (non-hydrogen) atoms. The van der Waals surface area contributed by atoms with Crippen LogP contribution in [0.5, 0.6) is 0 Å². The van der Waals surface area contributed by atoms with Gasteiger partial charge in [-0.1, -0.05) is 101 Å². The molecule has 236 valence electrons. The van der Waals surface area contributed by atoms with Gasteiger partial charge in [0.25, 0.3) is 5.91 Å². The van der Waals surface area contributed by atoms with E-state index in [1.54, 1.807) is 31.7 Å². The summed E-state index contributed by atoms with van der Waals surface area (Å²) < 4.78 is 5.52. The fraction of sp³-hybridized carbons (Fsp3) is 0.432. The molecule has 2 N–H and O–H groups in total. The summed E-state index contributed by atoms with van der Waals surface area (Å²) in [6.45, 7) is 15.7. The average molecular weight is 600 g/mol. The summed E-state index contributed by atoms with van der Waals surface area (Å²) in [7, 11) is 0. The Morgan fingerprint density at radius 2 is 1.66 bits per heavy atom. The second kappa shape index (κ2) is 16.1. The third kappa shape index (κ3) is 10.2. The molecule has 3 aromatic carbocycles. The Morgan fingerprint density at radius 3 is 2.32 bits per heavy atom. The summed E-state index contributed by atoms with van der Waals surface area (Å²) in [5.41, 5.74) is 1.44. The predicted molar refractivity (Wildman–Crippen MR) is 180 cm³/mol. The first-order chi connectivity index (χ1) is 20.9. The number of nitrogens with zero attached hydrogens (tertiary/aromatic N) is 1. The zero-order valence-corrected chi connectivity index (χ0v) is 27.2. The fourth-order valence-corrected chi connectivity index (χ4v) is 5.22. The second-order valence-electron chi connectivity index (χ2n) is 12.7. The van der Waals surface area contributed by atoms with E-state index in [9.17, 15) is 14.4 Å². The summed E-state index contributed by atoms with van der Waals surface area (Å²) in [5, 5.41) is 7.98. The minimum Gasteiger partial charge on any atom is -0.444 e. The number of hydrogen-bond acceptors (Lipinski definition) is 4. The Balaban J connectivity index is 2.06. The average Bonchev–Trinajstić information content (AvgIpc) is 2.96. The van der Waals surface area contributed by atoms with Crippen molar-refractivity contribution in [2.45, 2.75) is 91.3 Å². The van der Waals surface area contributed by atoms with Gasteiger partial charge in [0.15, 0.2) is 0 Å². The largest absolute Gasteiger partial charge is 0.444 e. The molecule has 0 bridgehead atoms. The van der Waals surface area contributed by atoms with Gasteiger partial charge in [0.05, 0.1) is 0 Å². The van der Waals surface area contributed by atoms with E-state index in [2.05, 4.69) is 24.1 Å². The van der Waals surface area contributed by atoms with E-state index in [4.69, 9.17) is 4.74 Å². The van der Waals surface area contributed by atoms with Gasteiger partial charge in [0, 0.05) is 12.2 Å². The van der Waals surface area contributed by atoms with Gasteiger partial charge >= 0.3 is 6.09 Å². The number of anilines is 1. The van der Waals surface area contributed by atoms with E-state index in [0.717, 1.165) is 42.0 Å². The number of carbonyl (C=O) groups excluding carboxylic acids is 3. The van der Waals surface area contributed by atoms with Crippen molar-refractivity contribution in [3.05, 3.63) is 84.4 Å². The first-order valence-corrected chi connectivity index (χ1v) is 15.7. The van der Waals surface area contributed by atoms with Crippen LogP contribution in [0, 0.1) is 5.92 Å². The van der Waals surface area contributed by atoms with Gasteiger partial charge in [0.1, 0.15) is 17.7 Å². The molecule has 0 spiro atoms. The van der Waals surface area contributed by atoms with Crippen LogP contribution in [0.1, 0.15) is 90.8 Å². The fourth-order valence-electron chi connectivity index (χ4n) is 5.22. The summed E-state index contributed by atoms with van der Waals surface area (Å²) in [6.07, 6.45) is 5.16. The number of nitrogens with one attached hydrogen (secondary N) is 2. The molecule has 7 nitrogen and oxygen atoms in total. The SMILES string of the molecule is C=Cc1cccc(C(C(=O)Nc2ccc3ccccc3c2)N(CCCCCC)C(=O)C(CC(C)C)NC(=O)OC(C)(C)C)c1. The standard InChI is InChI=1S/C37H49N3O4/c1-8-10-11-14-22-40(35(42)32(23-26(3)4)39-36(43)44-37(5,6)7)33(30-19-15-16-27(9-2)24-30)34(41)38-31-21-20-28-17-12-13-18-29(28)25-31/h9,12-13,15-21,24-26,32-33H,2,8,10-11,14,22-23H2,1,3-7H3,(H,38,41)(H,39,43). The number of carbonyl (C=O) groups is 3. The topological polar surface area (TPSA) is 87.7 Å². The smallest absolute Gasteiger partial charge is 0.408 e. The van der Waals surface area contributed by atoms with Crippen LogP contribution in [0.3, 0.4) is 0 Å². The van der Waals surface area contributed by atoms with E-state index in [-0.39, 0.29) is 17.7 Å².